The molecule has 1 rings (SSSR count). The maximum absolute atomic E-state index is 8.99. The largest absolute Gasteiger partial charge is 0.392 e. The van der Waals surface area contributed by atoms with Crippen LogP contribution in [0.15, 0.2) is 11.6 Å². The van der Waals surface area contributed by atoms with Crippen molar-refractivity contribution in [3.05, 3.63) is 11.6 Å². The van der Waals surface area contributed by atoms with Gasteiger partial charge in [-0.15, -0.1) is 0 Å². The number of methoxy groups -OCH3 is 1. The summed E-state index contributed by atoms with van der Waals surface area (Å²) >= 11 is 0. The van der Waals surface area contributed by atoms with Crippen molar-refractivity contribution in [1.82, 2.24) is 0 Å². The molecule has 1 fully saturated rings. The molecule has 2 heteroatoms. The fourth-order valence-electron chi connectivity index (χ4n) is 2.81. The smallest absolute Gasteiger partial charge is 0.0639 e. The van der Waals surface area contributed by atoms with Crippen molar-refractivity contribution in [1.29, 1.82) is 0 Å². The van der Waals surface area contributed by atoms with Gasteiger partial charge in [-0.2, -0.15) is 0 Å². The molecule has 0 aromatic heterocycles. The Kier molecular flexibility index (Phi) is 5.00. The molecule has 1 aliphatic rings. The van der Waals surface area contributed by atoms with Gasteiger partial charge in [-0.1, -0.05) is 25.5 Å². The zero-order chi connectivity index (χ0) is 12.2. The molecule has 94 valence electrons. The Morgan fingerprint density at radius 2 is 2.00 bits per heavy atom. The molecule has 0 heterocycles. The Labute approximate surface area is 99.7 Å². The molecule has 0 aliphatic heterocycles. The fourth-order valence-corrected chi connectivity index (χ4v) is 2.81. The van der Waals surface area contributed by atoms with Crippen molar-refractivity contribution in [3.63, 3.8) is 0 Å². The van der Waals surface area contributed by atoms with Crippen LogP contribution in [-0.2, 0) is 4.74 Å². The second-order valence-electron chi connectivity index (χ2n) is 5.69. The average Bonchev–Trinajstić information content (AvgIpc) is 2.52. The van der Waals surface area contributed by atoms with Crippen LogP contribution in [0.2, 0.25) is 0 Å². The number of ether oxygens (including phenoxy) is 1. The lowest BCUT2D eigenvalue weighted by molar-refractivity contribution is 0.0817. The topological polar surface area (TPSA) is 29.5 Å². The molecule has 0 spiro atoms. The Morgan fingerprint density at radius 1 is 1.38 bits per heavy atom. The van der Waals surface area contributed by atoms with E-state index in [1.807, 2.05) is 6.92 Å². The maximum Gasteiger partial charge on any atom is 0.0639 e. The van der Waals surface area contributed by atoms with E-state index in [-0.39, 0.29) is 6.61 Å². The van der Waals surface area contributed by atoms with E-state index in [2.05, 4.69) is 19.9 Å². The molecule has 0 amide bonds. The molecule has 1 saturated carbocycles. The van der Waals surface area contributed by atoms with Crippen molar-refractivity contribution < 1.29 is 9.84 Å². The van der Waals surface area contributed by atoms with E-state index in [9.17, 15) is 0 Å². The molecule has 2 atom stereocenters. The van der Waals surface area contributed by atoms with Gasteiger partial charge in [0.1, 0.15) is 0 Å². The predicted molar refractivity (Wildman–Crippen MR) is 67.3 cm³/mol. The van der Waals surface area contributed by atoms with Gasteiger partial charge < -0.3 is 9.84 Å². The summed E-state index contributed by atoms with van der Waals surface area (Å²) in [6, 6.07) is 0. The molecule has 0 aromatic rings. The van der Waals surface area contributed by atoms with Crippen LogP contribution in [0.4, 0.5) is 0 Å². The zero-order valence-electron chi connectivity index (χ0n) is 11.1. The highest BCUT2D eigenvalue weighted by molar-refractivity contribution is 5.02. The van der Waals surface area contributed by atoms with Gasteiger partial charge in [-0.05, 0) is 43.4 Å². The SMILES string of the molecule is COCC1CCC(CC=C(C)CO)C1(C)C. The summed E-state index contributed by atoms with van der Waals surface area (Å²) in [6.45, 7) is 7.78. The lowest BCUT2D eigenvalue weighted by atomic mass is 9.74. The first-order valence-electron chi connectivity index (χ1n) is 6.27. The Hall–Kier alpha value is -0.340. The standard InChI is InChI=1S/C14H26O2/c1-11(9-15)5-6-12-7-8-13(10-16-4)14(12,2)3/h5,12-13,15H,6-10H2,1-4H3. The molecular formula is C14H26O2. The normalized spacial score (nSPS) is 29.7. The summed E-state index contributed by atoms with van der Waals surface area (Å²) in [7, 11) is 1.79. The van der Waals surface area contributed by atoms with E-state index in [4.69, 9.17) is 9.84 Å². The third-order valence-electron chi connectivity index (χ3n) is 4.34. The highest BCUT2D eigenvalue weighted by atomic mass is 16.5. The number of hydrogen-bond donors (Lipinski definition) is 1. The monoisotopic (exact) mass is 226 g/mol. The Morgan fingerprint density at radius 3 is 2.56 bits per heavy atom. The van der Waals surface area contributed by atoms with Crippen molar-refractivity contribution in [3.8, 4) is 0 Å². The molecule has 2 nitrogen and oxygen atoms in total. The van der Waals surface area contributed by atoms with Gasteiger partial charge in [-0.25, -0.2) is 0 Å². The summed E-state index contributed by atoms with van der Waals surface area (Å²) in [5, 5.41) is 8.99. The second kappa shape index (κ2) is 5.83. The molecule has 1 N–H and O–H groups in total. The minimum Gasteiger partial charge on any atom is -0.392 e. The highest BCUT2D eigenvalue weighted by Crippen LogP contribution is 2.49. The van der Waals surface area contributed by atoms with Crippen molar-refractivity contribution in [2.75, 3.05) is 20.3 Å². The second-order valence-corrected chi connectivity index (χ2v) is 5.69. The molecule has 0 radical (unpaired) electrons. The molecule has 0 bridgehead atoms. The average molecular weight is 226 g/mol. The Balaban J connectivity index is 2.57. The third-order valence-corrected chi connectivity index (χ3v) is 4.34. The van der Waals surface area contributed by atoms with E-state index >= 15 is 0 Å². The van der Waals surface area contributed by atoms with E-state index in [1.165, 1.54) is 12.8 Å². The van der Waals surface area contributed by atoms with E-state index in [1.54, 1.807) is 7.11 Å². The van der Waals surface area contributed by atoms with Crippen molar-refractivity contribution >= 4 is 0 Å². The van der Waals surface area contributed by atoms with Crippen LogP contribution in [0.1, 0.15) is 40.0 Å². The van der Waals surface area contributed by atoms with Gasteiger partial charge in [0.25, 0.3) is 0 Å². The van der Waals surface area contributed by atoms with Crippen molar-refractivity contribution in [2.24, 2.45) is 17.3 Å². The zero-order valence-corrected chi connectivity index (χ0v) is 11.1. The number of aliphatic hydroxyl groups is 1. The first-order valence-corrected chi connectivity index (χ1v) is 6.27. The fraction of sp³-hybridized carbons (Fsp3) is 0.857. The third kappa shape index (κ3) is 3.08. The van der Waals surface area contributed by atoms with Crippen LogP contribution >= 0.6 is 0 Å². The van der Waals surface area contributed by atoms with Crippen LogP contribution in [0.5, 0.6) is 0 Å². The van der Waals surface area contributed by atoms with E-state index < -0.39 is 0 Å². The van der Waals surface area contributed by atoms with Gasteiger partial charge in [0.15, 0.2) is 0 Å². The van der Waals surface area contributed by atoms with Crippen LogP contribution in [0.3, 0.4) is 0 Å². The number of allylic oxidation sites excluding steroid dienone is 1. The minimum absolute atomic E-state index is 0.189. The van der Waals surface area contributed by atoms with Gasteiger partial charge in [0.2, 0.25) is 0 Å². The van der Waals surface area contributed by atoms with Crippen LogP contribution in [0, 0.1) is 17.3 Å². The predicted octanol–water partition coefficient (Wildman–Crippen LogP) is 3.01. The Bertz CT molecular complexity index is 243. The quantitative estimate of drug-likeness (QED) is 0.730. The summed E-state index contributed by atoms with van der Waals surface area (Å²) in [6.07, 6.45) is 5.86. The summed E-state index contributed by atoms with van der Waals surface area (Å²) in [5.74, 6) is 1.42. The lowest BCUT2D eigenvalue weighted by Gasteiger charge is -2.32. The molecule has 16 heavy (non-hydrogen) atoms. The maximum atomic E-state index is 8.99. The van der Waals surface area contributed by atoms with Gasteiger partial charge in [0.05, 0.1) is 6.61 Å². The van der Waals surface area contributed by atoms with Gasteiger partial charge in [-0.3, -0.25) is 0 Å². The number of aliphatic hydroxyl groups excluding tert-OH is 1. The van der Waals surface area contributed by atoms with E-state index in [0.29, 0.717) is 11.3 Å². The molecule has 0 saturated heterocycles. The van der Waals surface area contributed by atoms with Crippen LogP contribution in [-0.4, -0.2) is 25.4 Å². The first kappa shape index (κ1) is 13.7. The number of hydrogen-bond acceptors (Lipinski definition) is 2. The number of rotatable bonds is 5. The molecular weight excluding hydrogens is 200 g/mol. The van der Waals surface area contributed by atoms with E-state index in [0.717, 1.165) is 24.5 Å². The summed E-state index contributed by atoms with van der Waals surface area (Å²) in [5.41, 5.74) is 1.45. The minimum atomic E-state index is 0.189. The first-order chi connectivity index (χ1) is 7.52. The molecule has 1 aliphatic carbocycles. The summed E-state index contributed by atoms with van der Waals surface area (Å²) in [4.78, 5) is 0. The lowest BCUT2D eigenvalue weighted by Crippen LogP contribution is -2.27. The van der Waals surface area contributed by atoms with Crippen LogP contribution < -0.4 is 0 Å². The van der Waals surface area contributed by atoms with Crippen LogP contribution in [0.25, 0.3) is 0 Å². The van der Waals surface area contributed by atoms with Gasteiger partial charge >= 0.3 is 0 Å². The molecule has 0 aromatic carbocycles. The van der Waals surface area contributed by atoms with Crippen molar-refractivity contribution in [2.45, 2.75) is 40.0 Å². The molecule has 2 unspecified atom stereocenters. The summed E-state index contributed by atoms with van der Waals surface area (Å²) < 4.78 is 5.30. The highest BCUT2D eigenvalue weighted by Gasteiger charge is 2.41. The van der Waals surface area contributed by atoms with Gasteiger partial charge in [0, 0.05) is 13.7 Å².